The standard InChI is InChI=1S/C22H22N4O4S2/c1-14-11-24-19(15(2)21(14)30-4)13-31(27)22-25-18-10-16(29-3)7-8-20(18)26(22)32(28)17-6-5-9-23-12-17/h5-12H,13H2,1-4H3. The van der Waals surface area contributed by atoms with E-state index in [9.17, 15) is 8.42 Å². The predicted octanol–water partition coefficient (Wildman–Crippen LogP) is 3.34. The Morgan fingerprint density at radius 2 is 1.88 bits per heavy atom. The van der Waals surface area contributed by atoms with E-state index >= 15 is 0 Å². The van der Waals surface area contributed by atoms with Crippen molar-refractivity contribution in [3.63, 3.8) is 0 Å². The molecule has 4 aromatic rings. The lowest BCUT2D eigenvalue weighted by Gasteiger charge is -2.12. The molecule has 1 aromatic carbocycles. The number of benzene rings is 1. The molecule has 0 saturated carbocycles. The number of aromatic nitrogens is 4. The molecule has 0 N–H and O–H groups in total. The average Bonchev–Trinajstić information content (AvgIpc) is 3.20. The highest BCUT2D eigenvalue weighted by molar-refractivity contribution is 7.86. The Bertz CT molecular complexity index is 1340. The van der Waals surface area contributed by atoms with Crippen molar-refractivity contribution >= 4 is 32.8 Å². The van der Waals surface area contributed by atoms with Gasteiger partial charge in [-0.1, -0.05) is 0 Å². The van der Waals surface area contributed by atoms with Gasteiger partial charge in [0.2, 0.25) is 5.16 Å². The fourth-order valence-corrected chi connectivity index (χ4v) is 6.08. The van der Waals surface area contributed by atoms with Crippen molar-refractivity contribution < 1.29 is 17.9 Å². The molecule has 2 unspecified atom stereocenters. The van der Waals surface area contributed by atoms with Crippen molar-refractivity contribution in [2.45, 2.75) is 29.7 Å². The second-order valence-corrected chi connectivity index (χ2v) is 9.70. The summed E-state index contributed by atoms with van der Waals surface area (Å²) in [6.07, 6.45) is 4.82. The second-order valence-electron chi connectivity index (χ2n) is 7.02. The number of pyridine rings is 2. The van der Waals surface area contributed by atoms with Crippen LogP contribution in [0.5, 0.6) is 11.5 Å². The van der Waals surface area contributed by atoms with Crippen molar-refractivity contribution in [1.82, 2.24) is 18.9 Å². The van der Waals surface area contributed by atoms with Crippen LogP contribution in [0.2, 0.25) is 0 Å². The van der Waals surface area contributed by atoms with Gasteiger partial charge in [0, 0.05) is 35.8 Å². The van der Waals surface area contributed by atoms with E-state index in [2.05, 4.69) is 15.0 Å². The predicted molar refractivity (Wildman–Crippen MR) is 123 cm³/mol. The van der Waals surface area contributed by atoms with Crippen molar-refractivity contribution in [2.75, 3.05) is 14.2 Å². The Morgan fingerprint density at radius 3 is 2.56 bits per heavy atom. The Kier molecular flexibility index (Phi) is 6.33. The molecule has 3 heterocycles. The van der Waals surface area contributed by atoms with Crippen molar-refractivity contribution in [1.29, 1.82) is 0 Å². The van der Waals surface area contributed by atoms with Crippen LogP contribution in [-0.4, -0.2) is 41.6 Å². The molecule has 0 aliphatic heterocycles. The van der Waals surface area contributed by atoms with Crippen LogP contribution >= 0.6 is 0 Å². The summed E-state index contributed by atoms with van der Waals surface area (Å²) in [6.45, 7) is 3.79. The quantitative estimate of drug-likeness (QED) is 0.409. The lowest BCUT2D eigenvalue weighted by Crippen LogP contribution is -2.13. The number of hydrogen-bond acceptors (Lipinski definition) is 7. The van der Waals surface area contributed by atoms with E-state index in [0.29, 0.717) is 33.1 Å². The molecule has 0 saturated heterocycles. The summed E-state index contributed by atoms with van der Waals surface area (Å²) in [5, 5.41) is 0.191. The molecule has 0 spiro atoms. The average molecular weight is 471 g/mol. The number of hydrogen-bond donors (Lipinski definition) is 0. The number of aryl methyl sites for hydroxylation is 1. The first-order valence-corrected chi connectivity index (χ1v) is 12.1. The van der Waals surface area contributed by atoms with Gasteiger partial charge in [0.25, 0.3) is 0 Å². The number of rotatable bonds is 7. The zero-order chi connectivity index (χ0) is 22.8. The van der Waals surface area contributed by atoms with E-state index in [1.54, 1.807) is 56.9 Å². The highest BCUT2D eigenvalue weighted by Gasteiger charge is 2.24. The van der Waals surface area contributed by atoms with Crippen LogP contribution in [0.3, 0.4) is 0 Å². The van der Waals surface area contributed by atoms with Gasteiger partial charge in [0.1, 0.15) is 11.5 Å². The Hall–Kier alpha value is -3.11. The van der Waals surface area contributed by atoms with Crippen molar-refractivity contribution in [2.24, 2.45) is 0 Å². The second kappa shape index (κ2) is 9.17. The minimum Gasteiger partial charge on any atom is -0.497 e. The summed E-state index contributed by atoms with van der Waals surface area (Å²) in [6, 6.07) is 8.66. The van der Waals surface area contributed by atoms with Gasteiger partial charge in [0.15, 0.2) is 11.0 Å². The van der Waals surface area contributed by atoms with Crippen LogP contribution < -0.4 is 9.47 Å². The number of methoxy groups -OCH3 is 2. The van der Waals surface area contributed by atoms with Gasteiger partial charge in [-0.3, -0.25) is 14.2 Å². The smallest absolute Gasteiger partial charge is 0.212 e. The normalized spacial score (nSPS) is 13.1. The molecule has 0 radical (unpaired) electrons. The minimum atomic E-state index is -1.69. The highest BCUT2D eigenvalue weighted by Crippen LogP contribution is 2.29. The van der Waals surface area contributed by atoms with Gasteiger partial charge in [-0.25, -0.2) is 13.2 Å². The number of ether oxygens (including phenoxy) is 2. The lowest BCUT2D eigenvalue weighted by molar-refractivity contribution is 0.407. The molecule has 8 nitrogen and oxygen atoms in total. The molecule has 0 fully saturated rings. The van der Waals surface area contributed by atoms with Gasteiger partial charge >= 0.3 is 0 Å². The third-order valence-corrected chi connectivity index (χ3v) is 7.69. The monoisotopic (exact) mass is 470 g/mol. The molecule has 0 aliphatic rings. The lowest BCUT2D eigenvalue weighted by atomic mass is 10.1. The highest BCUT2D eigenvalue weighted by atomic mass is 32.2. The van der Waals surface area contributed by atoms with Crippen LogP contribution in [0, 0.1) is 13.8 Å². The van der Waals surface area contributed by atoms with Gasteiger partial charge in [-0.15, -0.1) is 0 Å². The molecular formula is C22H22N4O4S2. The number of fused-ring (bicyclic) bond motifs is 1. The fourth-order valence-electron chi connectivity index (χ4n) is 3.41. The Labute approximate surface area is 190 Å². The maximum atomic E-state index is 13.5. The summed E-state index contributed by atoms with van der Waals surface area (Å²) < 4.78 is 39.2. The van der Waals surface area contributed by atoms with Gasteiger partial charge in [-0.2, -0.15) is 0 Å². The topological polar surface area (TPSA) is 96.2 Å². The maximum absolute atomic E-state index is 13.5. The van der Waals surface area contributed by atoms with E-state index in [4.69, 9.17) is 9.47 Å². The van der Waals surface area contributed by atoms with Crippen LogP contribution in [0.25, 0.3) is 11.0 Å². The first-order valence-electron chi connectivity index (χ1n) is 9.70. The van der Waals surface area contributed by atoms with E-state index < -0.39 is 21.8 Å². The van der Waals surface area contributed by atoms with E-state index in [1.165, 1.54) is 10.2 Å². The first-order chi connectivity index (χ1) is 15.4. The molecule has 3 aromatic heterocycles. The largest absolute Gasteiger partial charge is 0.497 e. The molecule has 10 heteroatoms. The molecule has 2 atom stereocenters. The zero-order valence-corrected chi connectivity index (χ0v) is 19.7. The van der Waals surface area contributed by atoms with Crippen LogP contribution in [0.15, 0.2) is 59.0 Å². The SMILES string of the molecule is COc1ccc2c(c1)nc(S(=O)Cc1ncc(C)c(OC)c1C)n2S(=O)c1cccnc1. The number of imidazole rings is 1. The Morgan fingerprint density at radius 1 is 1.06 bits per heavy atom. The van der Waals surface area contributed by atoms with Crippen LogP contribution in [0.1, 0.15) is 16.8 Å². The maximum Gasteiger partial charge on any atom is 0.212 e. The summed E-state index contributed by atoms with van der Waals surface area (Å²) in [5.41, 5.74) is 3.47. The van der Waals surface area contributed by atoms with Crippen LogP contribution in [0.4, 0.5) is 0 Å². The molecular weight excluding hydrogens is 448 g/mol. The molecule has 0 bridgehead atoms. The van der Waals surface area contributed by atoms with Crippen LogP contribution in [-0.2, 0) is 27.5 Å². The molecule has 0 aliphatic carbocycles. The zero-order valence-electron chi connectivity index (χ0n) is 18.1. The van der Waals surface area contributed by atoms with E-state index in [1.807, 2.05) is 13.8 Å². The summed E-state index contributed by atoms with van der Waals surface area (Å²) >= 11 is 0. The minimum absolute atomic E-state index is 0.104. The third kappa shape index (κ3) is 4.03. The van der Waals surface area contributed by atoms with E-state index in [0.717, 1.165) is 11.1 Å². The first kappa shape index (κ1) is 22.1. The van der Waals surface area contributed by atoms with Crippen molar-refractivity contribution in [3.05, 3.63) is 65.7 Å². The van der Waals surface area contributed by atoms with Gasteiger partial charge < -0.3 is 9.47 Å². The summed E-state index contributed by atoms with van der Waals surface area (Å²) in [5.74, 6) is 1.42. The summed E-state index contributed by atoms with van der Waals surface area (Å²) in [7, 11) is -0.163. The number of nitrogens with zero attached hydrogens (tertiary/aromatic N) is 4. The summed E-state index contributed by atoms with van der Waals surface area (Å²) in [4.78, 5) is 13.6. The molecule has 0 amide bonds. The fraction of sp³-hybridized carbons (Fsp3) is 0.227. The Balaban J connectivity index is 1.83. The van der Waals surface area contributed by atoms with E-state index in [-0.39, 0.29) is 10.9 Å². The van der Waals surface area contributed by atoms with Gasteiger partial charge in [0.05, 0.1) is 52.4 Å². The molecule has 166 valence electrons. The third-order valence-electron chi connectivity index (χ3n) is 5.01. The molecule has 32 heavy (non-hydrogen) atoms. The van der Waals surface area contributed by atoms with Gasteiger partial charge in [-0.05, 0) is 38.1 Å². The molecule has 4 rings (SSSR count). The van der Waals surface area contributed by atoms with Crippen molar-refractivity contribution in [3.8, 4) is 11.5 Å².